The number of hydrogen-bond donors (Lipinski definition) is 3. The molecule has 0 atom stereocenters. The number of hydrogen-bond acceptors (Lipinski definition) is 4. The van der Waals surface area contributed by atoms with Gasteiger partial charge in [0, 0.05) is 6.20 Å². The third-order valence-electron chi connectivity index (χ3n) is 2.50. The van der Waals surface area contributed by atoms with Crippen molar-refractivity contribution in [3.8, 4) is 0 Å². The van der Waals surface area contributed by atoms with Gasteiger partial charge in [-0.25, -0.2) is 10.8 Å². The van der Waals surface area contributed by atoms with Crippen LogP contribution in [0.1, 0.15) is 10.4 Å². The summed E-state index contributed by atoms with van der Waals surface area (Å²) in [6.45, 7) is 0. The molecule has 1 amide bonds. The standard InChI is InChI=1S/C12H8Cl4N4O/c13-6-2-8(15)10(3-7(6)14)19-12(21)5-1-9(16)11(20-17)18-4-5/h1-4H,17H2,(H,18,20)(H,19,21). The van der Waals surface area contributed by atoms with Crippen molar-refractivity contribution in [1.29, 1.82) is 0 Å². The highest BCUT2D eigenvalue weighted by Gasteiger charge is 2.13. The van der Waals surface area contributed by atoms with E-state index in [-0.39, 0.29) is 26.4 Å². The number of nitrogens with zero attached hydrogens (tertiary/aromatic N) is 1. The lowest BCUT2D eigenvalue weighted by molar-refractivity contribution is 0.102. The normalized spacial score (nSPS) is 10.3. The Morgan fingerprint density at radius 2 is 1.67 bits per heavy atom. The molecule has 0 saturated carbocycles. The molecule has 0 fully saturated rings. The van der Waals surface area contributed by atoms with Gasteiger partial charge in [-0.05, 0) is 18.2 Å². The molecular weight excluding hydrogens is 358 g/mol. The van der Waals surface area contributed by atoms with Gasteiger partial charge in [-0.3, -0.25) is 4.79 Å². The van der Waals surface area contributed by atoms with Crippen LogP contribution in [0.25, 0.3) is 0 Å². The maximum atomic E-state index is 12.1. The summed E-state index contributed by atoms with van der Waals surface area (Å²) in [4.78, 5) is 16.0. The predicted octanol–water partition coefficient (Wildman–Crippen LogP) is 4.23. The van der Waals surface area contributed by atoms with Gasteiger partial charge in [0.05, 0.1) is 31.3 Å². The number of aromatic nitrogens is 1. The van der Waals surface area contributed by atoms with Crippen LogP contribution in [-0.2, 0) is 0 Å². The summed E-state index contributed by atoms with van der Waals surface area (Å²) in [5.41, 5.74) is 2.87. The highest BCUT2D eigenvalue weighted by atomic mass is 35.5. The minimum absolute atomic E-state index is 0.213. The van der Waals surface area contributed by atoms with Crippen LogP contribution in [0.3, 0.4) is 0 Å². The quantitative estimate of drug-likeness (QED) is 0.432. The highest BCUT2D eigenvalue weighted by Crippen LogP contribution is 2.32. The van der Waals surface area contributed by atoms with Crippen LogP contribution < -0.4 is 16.6 Å². The zero-order valence-corrected chi connectivity index (χ0v) is 13.3. The molecular formula is C12H8Cl4N4O. The van der Waals surface area contributed by atoms with E-state index in [1.807, 2.05) is 0 Å². The Labute approximate surface area is 140 Å². The molecule has 1 heterocycles. The van der Waals surface area contributed by atoms with Gasteiger partial charge < -0.3 is 10.7 Å². The number of nitrogen functional groups attached to an aromatic ring is 1. The van der Waals surface area contributed by atoms with Crippen LogP contribution in [0.2, 0.25) is 20.1 Å². The molecule has 2 rings (SSSR count). The molecule has 0 unspecified atom stereocenters. The molecule has 0 saturated heterocycles. The van der Waals surface area contributed by atoms with E-state index in [9.17, 15) is 4.79 Å². The second-order valence-corrected chi connectivity index (χ2v) is 5.53. The lowest BCUT2D eigenvalue weighted by atomic mass is 10.2. The molecule has 2 aromatic rings. The summed E-state index contributed by atoms with van der Waals surface area (Å²) in [7, 11) is 0. The third kappa shape index (κ3) is 3.70. The zero-order chi connectivity index (χ0) is 15.6. The second kappa shape index (κ2) is 6.68. The molecule has 1 aromatic carbocycles. The molecule has 0 aliphatic rings. The van der Waals surface area contributed by atoms with Gasteiger partial charge in [-0.1, -0.05) is 46.4 Å². The largest absolute Gasteiger partial charge is 0.321 e. The minimum Gasteiger partial charge on any atom is -0.321 e. The van der Waals surface area contributed by atoms with Crippen molar-refractivity contribution in [2.75, 3.05) is 10.7 Å². The maximum absolute atomic E-state index is 12.1. The molecule has 5 nitrogen and oxygen atoms in total. The first-order valence-corrected chi connectivity index (χ1v) is 7.01. The van der Waals surface area contributed by atoms with Crippen LogP contribution in [0.15, 0.2) is 24.4 Å². The molecule has 110 valence electrons. The van der Waals surface area contributed by atoms with Crippen LogP contribution in [0, 0.1) is 0 Å². The number of carbonyl (C=O) groups excluding carboxylic acids is 1. The predicted molar refractivity (Wildman–Crippen MR) is 86.5 cm³/mol. The number of nitrogens with one attached hydrogen (secondary N) is 2. The van der Waals surface area contributed by atoms with E-state index in [1.54, 1.807) is 0 Å². The smallest absolute Gasteiger partial charge is 0.257 e. The van der Waals surface area contributed by atoms with Crippen LogP contribution >= 0.6 is 46.4 Å². The number of nitrogens with two attached hydrogens (primary N) is 1. The van der Waals surface area contributed by atoms with E-state index in [0.717, 1.165) is 0 Å². The number of halogens is 4. The molecule has 0 aliphatic heterocycles. The van der Waals surface area contributed by atoms with Crippen molar-refractivity contribution >= 4 is 63.8 Å². The summed E-state index contributed by atoms with van der Waals surface area (Å²) < 4.78 is 0. The fraction of sp³-hybridized carbons (Fsp3) is 0. The molecule has 4 N–H and O–H groups in total. The Morgan fingerprint density at radius 1 is 1.00 bits per heavy atom. The number of rotatable bonds is 3. The lowest BCUT2D eigenvalue weighted by Gasteiger charge is -2.09. The number of hydrazine groups is 1. The minimum atomic E-state index is -0.451. The van der Waals surface area contributed by atoms with E-state index in [4.69, 9.17) is 52.2 Å². The Hall–Kier alpha value is -1.24. The van der Waals surface area contributed by atoms with Crippen LogP contribution in [0.4, 0.5) is 11.5 Å². The maximum Gasteiger partial charge on any atom is 0.257 e. The van der Waals surface area contributed by atoms with E-state index >= 15 is 0 Å². The first-order chi connectivity index (χ1) is 9.92. The van der Waals surface area contributed by atoms with Crippen molar-refractivity contribution in [2.24, 2.45) is 5.84 Å². The molecule has 21 heavy (non-hydrogen) atoms. The first-order valence-electron chi connectivity index (χ1n) is 5.50. The summed E-state index contributed by atoms with van der Waals surface area (Å²) in [5.74, 6) is 5.02. The van der Waals surface area contributed by atoms with Crippen LogP contribution in [-0.4, -0.2) is 10.9 Å². The molecule has 1 aromatic heterocycles. The van der Waals surface area contributed by atoms with Crippen LogP contribution in [0.5, 0.6) is 0 Å². The van der Waals surface area contributed by atoms with Gasteiger partial charge in [0.25, 0.3) is 5.91 Å². The number of carbonyl (C=O) groups is 1. The molecule has 0 spiro atoms. The van der Waals surface area contributed by atoms with E-state index in [1.165, 1.54) is 24.4 Å². The molecule has 0 bridgehead atoms. The Balaban J connectivity index is 2.26. The van der Waals surface area contributed by atoms with Crippen molar-refractivity contribution < 1.29 is 4.79 Å². The average molecular weight is 366 g/mol. The lowest BCUT2D eigenvalue weighted by Crippen LogP contribution is -2.14. The average Bonchev–Trinajstić information content (AvgIpc) is 2.44. The molecule has 0 aliphatic carbocycles. The van der Waals surface area contributed by atoms with Crippen molar-refractivity contribution in [2.45, 2.75) is 0 Å². The number of benzene rings is 1. The monoisotopic (exact) mass is 364 g/mol. The first kappa shape index (κ1) is 16.1. The van der Waals surface area contributed by atoms with E-state index in [2.05, 4.69) is 15.7 Å². The van der Waals surface area contributed by atoms with Gasteiger partial charge in [0.2, 0.25) is 0 Å². The number of pyridine rings is 1. The zero-order valence-electron chi connectivity index (χ0n) is 10.3. The topological polar surface area (TPSA) is 80.0 Å². The van der Waals surface area contributed by atoms with Gasteiger partial charge >= 0.3 is 0 Å². The summed E-state index contributed by atoms with van der Waals surface area (Å²) in [5, 5.41) is 3.64. The Morgan fingerprint density at radius 3 is 2.29 bits per heavy atom. The van der Waals surface area contributed by atoms with Gasteiger partial charge in [-0.15, -0.1) is 0 Å². The van der Waals surface area contributed by atoms with Gasteiger partial charge in [0.1, 0.15) is 0 Å². The van der Waals surface area contributed by atoms with Crippen molar-refractivity contribution in [3.05, 3.63) is 50.0 Å². The summed E-state index contributed by atoms with van der Waals surface area (Å²) >= 11 is 23.6. The van der Waals surface area contributed by atoms with Gasteiger partial charge in [0.15, 0.2) is 5.82 Å². The molecule has 9 heteroatoms. The van der Waals surface area contributed by atoms with E-state index in [0.29, 0.717) is 10.7 Å². The number of amides is 1. The number of anilines is 2. The fourth-order valence-electron chi connectivity index (χ4n) is 1.48. The summed E-state index contributed by atoms with van der Waals surface area (Å²) in [6, 6.07) is 4.31. The third-order valence-corrected chi connectivity index (χ3v) is 3.82. The van der Waals surface area contributed by atoms with E-state index < -0.39 is 5.91 Å². The summed E-state index contributed by atoms with van der Waals surface area (Å²) in [6.07, 6.45) is 1.32. The highest BCUT2D eigenvalue weighted by molar-refractivity contribution is 6.44. The fourth-order valence-corrected chi connectivity index (χ4v) is 2.30. The van der Waals surface area contributed by atoms with Gasteiger partial charge in [-0.2, -0.15) is 0 Å². The SMILES string of the molecule is NNc1ncc(C(=O)Nc2cc(Cl)c(Cl)cc2Cl)cc1Cl. The molecule has 0 radical (unpaired) electrons. The van der Waals surface area contributed by atoms with Crippen molar-refractivity contribution in [1.82, 2.24) is 4.98 Å². The second-order valence-electron chi connectivity index (χ2n) is 3.90. The Bertz CT molecular complexity index is 708. The van der Waals surface area contributed by atoms with Crippen molar-refractivity contribution in [3.63, 3.8) is 0 Å². The Kier molecular flexibility index (Phi) is 5.13.